The van der Waals surface area contributed by atoms with Gasteiger partial charge in [0, 0.05) is 98.8 Å². The third-order valence-corrected chi connectivity index (χ3v) is 22.1. The molecule has 0 atom stereocenters. The van der Waals surface area contributed by atoms with Gasteiger partial charge in [-0.3, -0.25) is 0 Å². The molecule has 22 aromatic rings. The zero-order valence-electron chi connectivity index (χ0n) is 58.2. The second-order valence-electron chi connectivity index (χ2n) is 28.2. The predicted octanol–water partition coefficient (Wildman–Crippen LogP) is 26.2. The van der Waals surface area contributed by atoms with Gasteiger partial charge in [0.2, 0.25) is 0 Å². The third kappa shape index (κ3) is 9.43. The van der Waals surface area contributed by atoms with E-state index in [9.17, 15) is 0 Å². The highest BCUT2D eigenvalue weighted by Gasteiger charge is 2.22. The van der Waals surface area contributed by atoms with E-state index >= 15 is 0 Å². The van der Waals surface area contributed by atoms with Crippen LogP contribution in [0.2, 0.25) is 0 Å². The molecule has 0 spiro atoms. The molecule has 6 aromatic heterocycles. The van der Waals surface area contributed by atoms with Crippen molar-refractivity contribution in [1.29, 1.82) is 0 Å². The predicted molar refractivity (Wildman–Crippen MR) is 444 cm³/mol. The van der Waals surface area contributed by atoms with E-state index in [2.05, 4.69) is 406 Å². The Hall–Kier alpha value is -13.7. The van der Waals surface area contributed by atoms with Crippen molar-refractivity contribution >= 4 is 131 Å². The molecule has 0 radical (unpaired) electrons. The Kier molecular flexibility index (Phi) is 13.6. The largest absolute Gasteiger partial charge is 0.309 e. The van der Waals surface area contributed by atoms with E-state index in [4.69, 9.17) is 0 Å². The molecule has 494 valence electrons. The minimum absolute atomic E-state index is 1.15. The van der Waals surface area contributed by atoms with Crippen LogP contribution in [0.25, 0.3) is 187 Å². The number of hydrogen-bond donors (Lipinski definition) is 0. The van der Waals surface area contributed by atoms with Gasteiger partial charge in [-0.05, 0) is 224 Å². The lowest BCUT2D eigenvalue weighted by Gasteiger charge is -2.12. The van der Waals surface area contributed by atoms with Crippen LogP contribution in [-0.4, -0.2) is 27.4 Å². The van der Waals surface area contributed by atoms with Crippen LogP contribution in [0, 0.1) is 20.8 Å². The monoisotopic (exact) mass is 1340 g/mol. The van der Waals surface area contributed by atoms with Gasteiger partial charge >= 0.3 is 0 Å². The van der Waals surface area contributed by atoms with Gasteiger partial charge in [0.1, 0.15) is 0 Å². The van der Waals surface area contributed by atoms with E-state index in [1.54, 1.807) is 0 Å². The van der Waals surface area contributed by atoms with Crippen molar-refractivity contribution in [3.63, 3.8) is 0 Å². The zero-order chi connectivity index (χ0) is 69.5. The Morgan fingerprint density at radius 2 is 0.362 bits per heavy atom. The van der Waals surface area contributed by atoms with Gasteiger partial charge in [0.05, 0.1) is 66.2 Å². The quantitative estimate of drug-likeness (QED) is 0.145. The molecule has 0 saturated carbocycles. The van der Waals surface area contributed by atoms with Gasteiger partial charge in [0.15, 0.2) is 0 Å². The van der Waals surface area contributed by atoms with Crippen molar-refractivity contribution in [1.82, 2.24) is 27.4 Å². The van der Waals surface area contributed by atoms with E-state index in [1.165, 1.54) is 181 Å². The van der Waals surface area contributed by atoms with Crippen LogP contribution in [0.3, 0.4) is 0 Å². The molecular formula is C99H68N6. The van der Waals surface area contributed by atoms with E-state index in [0.29, 0.717) is 0 Å². The summed E-state index contributed by atoms with van der Waals surface area (Å²) < 4.78 is 14.4. The Morgan fingerprint density at radius 1 is 0.152 bits per heavy atom. The Bertz CT molecular complexity index is 7180. The van der Waals surface area contributed by atoms with Crippen molar-refractivity contribution in [2.75, 3.05) is 0 Å². The molecule has 0 fully saturated rings. The molecule has 0 unspecified atom stereocenters. The highest BCUT2D eigenvalue weighted by molar-refractivity contribution is 6.16. The number of benzene rings is 16. The number of fused-ring (bicyclic) bond motifs is 18. The standard InChI is InChI=1S/C50H35N3.C49H33N3/c1-32-27-33(2)29-38(28-32)53-48-18-10-6-14-42(48)44-31-35(20-26-50(44)53)34-19-25-49-43(30-34)41-13-5-9-17-47(41)52(49)37-23-21-36(22-24-37)51-45-15-7-3-11-39(45)40-12-4-8-16-46(40)51;1-32-12-2-7-17-43(32)52-47-21-11-6-16-40(47)42-31-34(23-29-49(42)52)33-22-28-48-41(30-33)39-15-5-10-20-46(39)51(48)36-26-24-35(25-27-36)50-44-18-8-3-13-37(44)38-14-4-9-19-45(38)50/h3-31H,1-2H3;2-31H,1H3. The highest BCUT2D eigenvalue weighted by atomic mass is 15.0. The molecule has 6 heterocycles. The summed E-state index contributed by atoms with van der Waals surface area (Å²) in [5.74, 6) is 0. The van der Waals surface area contributed by atoms with Gasteiger partial charge in [-0.1, -0.05) is 194 Å². The normalized spacial score (nSPS) is 12.0. The molecule has 0 amide bonds. The van der Waals surface area contributed by atoms with Crippen LogP contribution >= 0.6 is 0 Å². The fourth-order valence-corrected chi connectivity index (χ4v) is 17.5. The van der Waals surface area contributed by atoms with Gasteiger partial charge < -0.3 is 27.4 Å². The van der Waals surface area contributed by atoms with Crippen LogP contribution in [0.5, 0.6) is 0 Å². The second kappa shape index (κ2) is 23.7. The van der Waals surface area contributed by atoms with Crippen LogP contribution < -0.4 is 0 Å². The van der Waals surface area contributed by atoms with Crippen molar-refractivity contribution in [3.8, 4) is 56.4 Å². The molecule has 6 heteroatoms. The lowest BCUT2D eigenvalue weighted by atomic mass is 10.0. The molecule has 16 aromatic carbocycles. The first-order valence-electron chi connectivity index (χ1n) is 36.3. The van der Waals surface area contributed by atoms with Crippen molar-refractivity contribution < 1.29 is 0 Å². The highest BCUT2D eigenvalue weighted by Crippen LogP contribution is 2.43. The summed E-state index contributed by atoms with van der Waals surface area (Å²) in [5.41, 5.74) is 30.3. The van der Waals surface area contributed by atoms with Crippen LogP contribution in [0.15, 0.2) is 358 Å². The van der Waals surface area contributed by atoms with Crippen molar-refractivity contribution in [2.45, 2.75) is 20.8 Å². The fourth-order valence-electron chi connectivity index (χ4n) is 17.5. The third-order valence-electron chi connectivity index (χ3n) is 22.1. The molecule has 0 saturated heterocycles. The number of nitrogens with zero attached hydrogens (tertiary/aromatic N) is 6. The van der Waals surface area contributed by atoms with E-state index < -0.39 is 0 Å². The minimum Gasteiger partial charge on any atom is -0.309 e. The van der Waals surface area contributed by atoms with E-state index in [1.807, 2.05) is 0 Å². The summed E-state index contributed by atoms with van der Waals surface area (Å²) in [6.45, 7) is 6.55. The molecule has 0 bridgehead atoms. The summed E-state index contributed by atoms with van der Waals surface area (Å²) in [5, 5.41) is 15.2. The van der Waals surface area contributed by atoms with E-state index in [0.717, 1.165) is 22.7 Å². The van der Waals surface area contributed by atoms with Crippen molar-refractivity contribution in [3.05, 3.63) is 375 Å². The second-order valence-corrected chi connectivity index (χ2v) is 28.2. The first kappa shape index (κ1) is 60.1. The Morgan fingerprint density at radius 3 is 0.638 bits per heavy atom. The molecule has 0 aliphatic rings. The number of aryl methyl sites for hydroxylation is 3. The average Bonchev–Trinajstić information content (AvgIpc) is 1.59. The van der Waals surface area contributed by atoms with Crippen LogP contribution in [0.1, 0.15) is 16.7 Å². The first-order valence-corrected chi connectivity index (χ1v) is 36.3. The molecule has 0 N–H and O–H groups in total. The molecule has 22 rings (SSSR count). The van der Waals surface area contributed by atoms with Crippen LogP contribution in [0.4, 0.5) is 0 Å². The minimum atomic E-state index is 1.15. The maximum atomic E-state index is 2.41. The van der Waals surface area contributed by atoms with Crippen molar-refractivity contribution in [2.24, 2.45) is 0 Å². The summed E-state index contributed by atoms with van der Waals surface area (Å²) in [7, 11) is 0. The maximum Gasteiger partial charge on any atom is 0.0541 e. The topological polar surface area (TPSA) is 29.6 Å². The molecule has 0 aliphatic heterocycles. The molecule has 105 heavy (non-hydrogen) atoms. The summed E-state index contributed by atoms with van der Waals surface area (Å²) in [6, 6.07) is 131. The SMILES string of the molecule is Cc1cc(C)cc(-n2c3ccccc3c3cc(-c4ccc5c(c4)c4ccccc4n5-c4ccc(-n5c6ccccc6c6ccccc65)cc4)ccc32)c1.Cc1ccccc1-n1c2ccccc2c2cc(-c3ccc4c(c3)c3ccccc3n4-c3ccc(-n4c5ccccc5c5ccccc54)cc3)ccc21. The van der Waals surface area contributed by atoms with E-state index in [-0.39, 0.29) is 0 Å². The average molecular weight is 1340 g/mol. The molecule has 0 aliphatic carbocycles. The Labute approximate surface area is 606 Å². The Balaban J connectivity index is 0.000000135. The van der Waals surface area contributed by atoms with Gasteiger partial charge in [-0.15, -0.1) is 0 Å². The summed E-state index contributed by atoms with van der Waals surface area (Å²) >= 11 is 0. The summed E-state index contributed by atoms with van der Waals surface area (Å²) in [4.78, 5) is 0. The number of rotatable bonds is 8. The van der Waals surface area contributed by atoms with Gasteiger partial charge in [-0.25, -0.2) is 0 Å². The van der Waals surface area contributed by atoms with Crippen LogP contribution in [-0.2, 0) is 0 Å². The number of hydrogen-bond acceptors (Lipinski definition) is 0. The van der Waals surface area contributed by atoms with Gasteiger partial charge in [0.25, 0.3) is 0 Å². The number of aromatic nitrogens is 6. The zero-order valence-corrected chi connectivity index (χ0v) is 58.2. The smallest absolute Gasteiger partial charge is 0.0541 e. The first-order chi connectivity index (χ1) is 51.8. The lowest BCUT2D eigenvalue weighted by Crippen LogP contribution is -1.97. The maximum absolute atomic E-state index is 2.41. The molecule has 6 nitrogen and oxygen atoms in total. The number of para-hydroxylation sites is 9. The van der Waals surface area contributed by atoms with Gasteiger partial charge in [-0.2, -0.15) is 0 Å². The summed E-state index contributed by atoms with van der Waals surface area (Å²) in [6.07, 6.45) is 0. The fraction of sp³-hybridized carbons (Fsp3) is 0.0303. The molecular weight excluding hydrogens is 1270 g/mol. The lowest BCUT2D eigenvalue weighted by molar-refractivity contribution is 1.14.